The van der Waals surface area contributed by atoms with Crippen LogP contribution in [0, 0.1) is 0 Å². The maximum absolute atomic E-state index is 12.4. The highest BCUT2D eigenvalue weighted by molar-refractivity contribution is 6.42. The van der Waals surface area contributed by atoms with Crippen LogP contribution in [0.5, 0.6) is 5.75 Å². The Morgan fingerprint density at radius 3 is 2.44 bits per heavy atom. The molecule has 0 radical (unpaired) electrons. The highest BCUT2D eigenvalue weighted by Crippen LogP contribution is 2.35. The molecule has 0 aliphatic carbocycles. The number of benzene rings is 2. The third kappa shape index (κ3) is 4.12. The number of halogens is 4. The quantitative estimate of drug-likeness (QED) is 0.580. The van der Waals surface area contributed by atoms with Crippen LogP contribution in [0.1, 0.15) is 0 Å². The van der Waals surface area contributed by atoms with Gasteiger partial charge in [0.05, 0.1) is 28.0 Å². The second kappa shape index (κ2) is 7.30. The van der Waals surface area contributed by atoms with Crippen LogP contribution in [-0.4, -0.2) is 25.0 Å². The van der Waals surface area contributed by atoms with Crippen LogP contribution in [0.25, 0.3) is 0 Å². The van der Waals surface area contributed by atoms with Gasteiger partial charge in [-0.15, -0.1) is 0 Å². The summed E-state index contributed by atoms with van der Waals surface area (Å²) < 4.78 is 5.14. The SMILES string of the molecule is O=C(CN1CC(=O)Oc2ccc(Cl)cc21)Nc1c(Cl)cc(Cl)cc1Cl. The summed E-state index contributed by atoms with van der Waals surface area (Å²) >= 11 is 23.9. The Hall–Kier alpha value is -1.66. The molecule has 5 nitrogen and oxygen atoms in total. The lowest BCUT2D eigenvalue weighted by atomic mass is 10.2. The monoisotopic (exact) mass is 418 g/mol. The average molecular weight is 420 g/mol. The van der Waals surface area contributed by atoms with E-state index in [1.807, 2.05) is 0 Å². The van der Waals surface area contributed by atoms with E-state index in [-0.39, 0.29) is 28.8 Å². The number of carbonyl (C=O) groups is 2. The minimum absolute atomic E-state index is 0.0805. The molecule has 0 unspecified atom stereocenters. The first-order chi connectivity index (χ1) is 11.8. The second-order valence-electron chi connectivity index (χ2n) is 5.23. The predicted molar refractivity (Wildman–Crippen MR) is 99.4 cm³/mol. The first-order valence-corrected chi connectivity index (χ1v) is 8.54. The van der Waals surface area contributed by atoms with Crippen molar-refractivity contribution in [2.75, 3.05) is 23.3 Å². The number of carbonyl (C=O) groups excluding carboxylic acids is 2. The van der Waals surface area contributed by atoms with E-state index in [1.165, 1.54) is 12.1 Å². The Balaban J connectivity index is 1.80. The maximum atomic E-state index is 12.4. The molecule has 1 heterocycles. The molecule has 1 N–H and O–H groups in total. The number of fused-ring (bicyclic) bond motifs is 1. The second-order valence-corrected chi connectivity index (χ2v) is 6.92. The number of nitrogens with one attached hydrogen (secondary N) is 1. The van der Waals surface area contributed by atoms with E-state index in [9.17, 15) is 9.59 Å². The minimum Gasteiger partial charge on any atom is -0.423 e. The third-order valence-corrected chi connectivity index (χ3v) is 4.46. The highest BCUT2D eigenvalue weighted by Gasteiger charge is 2.26. The molecule has 25 heavy (non-hydrogen) atoms. The van der Waals surface area contributed by atoms with Crippen molar-refractivity contribution >= 4 is 69.7 Å². The smallest absolute Gasteiger partial charge is 0.331 e. The van der Waals surface area contributed by atoms with Crippen molar-refractivity contribution in [1.29, 1.82) is 0 Å². The summed E-state index contributed by atoms with van der Waals surface area (Å²) in [6.07, 6.45) is 0. The van der Waals surface area contributed by atoms with Gasteiger partial charge >= 0.3 is 5.97 Å². The molecule has 1 amide bonds. The van der Waals surface area contributed by atoms with E-state index < -0.39 is 11.9 Å². The molecule has 9 heteroatoms. The van der Waals surface area contributed by atoms with Gasteiger partial charge in [0.15, 0.2) is 5.75 Å². The number of esters is 1. The zero-order valence-electron chi connectivity index (χ0n) is 12.5. The Bertz CT molecular complexity index is 849. The van der Waals surface area contributed by atoms with Crippen molar-refractivity contribution in [2.45, 2.75) is 0 Å². The fourth-order valence-electron chi connectivity index (χ4n) is 2.37. The van der Waals surface area contributed by atoms with Gasteiger partial charge in [0.25, 0.3) is 0 Å². The third-order valence-electron chi connectivity index (χ3n) is 3.41. The number of hydrogen-bond acceptors (Lipinski definition) is 4. The molecule has 130 valence electrons. The van der Waals surface area contributed by atoms with E-state index in [1.54, 1.807) is 23.1 Å². The van der Waals surface area contributed by atoms with Gasteiger partial charge in [-0.1, -0.05) is 46.4 Å². The number of amides is 1. The molecule has 0 aromatic heterocycles. The normalized spacial score (nSPS) is 13.3. The summed E-state index contributed by atoms with van der Waals surface area (Å²) in [5, 5.41) is 3.88. The van der Waals surface area contributed by atoms with Gasteiger partial charge < -0.3 is 15.0 Å². The molecular weight excluding hydrogens is 410 g/mol. The van der Waals surface area contributed by atoms with E-state index in [4.69, 9.17) is 51.1 Å². The van der Waals surface area contributed by atoms with Crippen LogP contribution in [0.15, 0.2) is 30.3 Å². The first-order valence-electron chi connectivity index (χ1n) is 7.03. The Labute approximate surface area is 163 Å². The summed E-state index contributed by atoms with van der Waals surface area (Å²) in [7, 11) is 0. The van der Waals surface area contributed by atoms with Crippen molar-refractivity contribution in [3.8, 4) is 5.75 Å². The molecule has 0 saturated carbocycles. The van der Waals surface area contributed by atoms with Crippen LogP contribution in [0.4, 0.5) is 11.4 Å². The zero-order chi connectivity index (χ0) is 18.1. The van der Waals surface area contributed by atoms with Crippen molar-refractivity contribution in [2.24, 2.45) is 0 Å². The molecular formula is C16H10Cl4N2O3. The summed E-state index contributed by atoms with van der Waals surface area (Å²) in [6.45, 7) is -0.194. The lowest BCUT2D eigenvalue weighted by molar-refractivity contribution is -0.133. The largest absolute Gasteiger partial charge is 0.423 e. The predicted octanol–water partition coefficient (Wildman–Crippen LogP) is 4.66. The number of anilines is 2. The van der Waals surface area contributed by atoms with Gasteiger partial charge in [-0.3, -0.25) is 4.79 Å². The Morgan fingerprint density at radius 2 is 1.76 bits per heavy atom. The van der Waals surface area contributed by atoms with Crippen LogP contribution in [0.3, 0.4) is 0 Å². The van der Waals surface area contributed by atoms with Crippen LogP contribution >= 0.6 is 46.4 Å². The van der Waals surface area contributed by atoms with Gasteiger partial charge in [0.2, 0.25) is 5.91 Å². The highest BCUT2D eigenvalue weighted by atomic mass is 35.5. The van der Waals surface area contributed by atoms with Crippen molar-refractivity contribution in [1.82, 2.24) is 0 Å². The Morgan fingerprint density at radius 1 is 1.08 bits per heavy atom. The van der Waals surface area contributed by atoms with Gasteiger partial charge in [-0.05, 0) is 30.3 Å². The van der Waals surface area contributed by atoms with E-state index >= 15 is 0 Å². The molecule has 0 fully saturated rings. The molecule has 1 aliphatic heterocycles. The van der Waals surface area contributed by atoms with Crippen molar-refractivity contribution in [3.05, 3.63) is 50.4 Å². The molecule has 0 bridgehead atoms. The lowest BCUT2D eigenvalue weighted by Gasteiger charge is -2.29. The topological polar surface area (TPSA) is 58.6 Å². The number of nitrogens with zero attached hydrogens (tertiary/aromatic N) is 1. The Kier molecular flexibility index (Phi) is 5.29. The molecule has 0 atom stereocenters. The number of rotatable bonds is 3. The first kappa shape index (κ1) is 18.1. The summed E-state index contributed by atoms with van der Waals surface area (Å²) in [4.78, 5) is 25.7. The van der Waals surface area contributed by atoms with Crippen LogP contribution < -0.4 is 15.0 Å². The van der Waals surface area contributed by atoms with Gasteiger partial charge in [-0.25, -0.2) is 4.79 Å². The molecule has 0 saturated heterocycles. The fourth-order valence-corrected chi connectivity index (χ4v) is 3.45. The van der Waals surface area contributed by atoms with E-state index in [2.05, 4.69) is 5.32 Å². The molecule has 3 rings (SSSR count). The molecule has 2 aromatic carbocycles. The van der Waals surface area contributed by atoms with E-state index in [0.717, 1.165) is 0 Å². The molecule has 2 aromatic rings. The van der Waals surface area contributed by atoms with Crippen molar-refractivity contribution in [3.63, 3.8) is 0 Å². The summed E-state index contributed by atoms with van der Waals surface area (Å²) in [5.74, 6) is -0.534. The number of hydrogen-bond donors (Lipinski definition) is 1. The van der Waals surface area contributed by atoms with E-state index in [0.29, 0.717) is 21.5 Å². The summed E-state index contributed by atoms with van der Waals surface area (Å²) in [5.41, 5.74) is 0.805. The zero-order valence-corrected chi connectivity index (χ0v) is 15.5. The minimum atomic E-state index is -0.467. The van der Waals surface area contributed by atoms with Crippen LogP contribution in [-0.2, 0) is 9.59 Å². The number of ether oxygens (including phenoxy) is 1. The van der Waals surface area contributed by atoms with Gasteiger partial charge in [0.1, 0.15) is 6.54 Å². The van der Waals surface area contributed by atoms with Gasteiger partial charge in [0, 0.05) is 10.0 Å². The average Bonchev–Trinajstić information content (AvgIpc) is 2.51. The van der Waals surface area contributed by atoms with Crippen LogP contribution in [0.2, 0.25) is 20.1 Å². The fraction of sp³-hybridized carbons (Fsp3) is 0.125. The lowest BCUT2D eigenvalue weighted by Crippen LogP contribution is -2.41. The van der Waals surface area contributed by atoms with Crippen molar-refractivity contribution < 1.29 is 14.3 Å². The standard InChI is InChI=1S/C16H10Cl4N2O3/c17-8-1-2-13-12(5-8)22(7-15(24)25-13)6-14(23)21-16-10(19)3-9(18)4-11(16)20/h1-5H,6-7H2,(H,21,23). The maximum Gasteiger partial charge on any atom is 0.331 e. The van der Waals surface area contributed by atoms with Gasteiger partial charge in [-0.2, -0.15) is 0 Å². The summed E-state index contributed by atoms with van der Waals surface area (Å²) in [6, 6.07) is 7.74. The molecule has 0 spiro atoms. The molecule has 1 aliphatic rings.